The first-order chi connectivity index (χ1) is 12.5. The zero-order chi connectivity index (χ0) is 18.9. The van der Waals surface area contributed by atoms with Crippen LogP contribution in [0.4, 0.5) is 0 Å². The van der Waals surface area contributed by atoms with Gasteiger partial charge >= 0.3 is 0 Å². The minimum Gasteiger partial charge on any atom is -0.484 e. The van der Waals surface area contributed by atoms with Crippen LogP contribution in [0, 0.1) is 0 Å². The predicted molar refractivity (Wildman–Crippen MR) is 102 cm³/mol. The summed E-state index contributed by atoms with van der Waals surface area (Å²) in [5.41, 5.74) is 6.73. The number of hydrazine groups is 1. The smallest absolute Gasteiger partial charge is 0.276 e. The van der Waals surface area contributed by atoms with Crippen LogP contribution in [-0.4, -0.2) is 18.4 Å². The third-order valence-electron chi connectivity index (χ3n) is 4.05. The Morgan fingerprint density at radius 1 is 1.00 bits per heavy atom. The highest BCUT2D eigenvalue weighted by molar-refractivity contribution is 6.30. The van der Waals surface area contributed by atoms with Crippen molar-refractivity contribution in [2.75, 3.05) is 6.61 Å². The van der Waals surface area contributed by atoms with E-state index in [0.29, 0.717) is 16.7 Å². The third kappa shape index (κ3) is 6.41. The second kappa shape index (κ2) is 9.82. The van der Waals surface area contributed by atoms with Crippen molar-refractivity contribution < 1.29 is 14.3 Å². The lowest BCUT2D eigenvalue weighted by atomic mass is 9.99. The molecule has 5 nitrogen and oxygen atoms in total. The van der Waals surface area contributed by atoms with E-state index < -0.39 is 5.91 Å². The van der Waals surface area contributed by atoms with Gasteiger partial charge < -0.3 is 4.74 Å². The van der Waals surface area contributed by atoms with Crippen LogP contribution in [0.15, 0.2) is 48.5 Å². The number of rotatable bonds is 7. The zero-order valence-electron chi connectivity index (χ0n) is 14.9. The van der Waals surface area contributed by atoms with E-state index in [1.165, 1.54) is 5.56 Å². The van der Waals surface area contributed by atoms with E-state index in [1.807, 2.05) is 24.3 Å². The maximum atomic E-state index is 11.8. The Bertz CT molecular complexity index is 730. The van der Waals surface area contributed by atoms with Crippen molar-refractivity contribution in [1.82, 2.24) is 10.9 Å². The van der Waals surface area contributed by atoms with Gasteiger partial charge in [-0.05, 0) is 47.7 Å². The number of hydrogen-bond acceptors (Lipinski definition) is 3. The zero-order valence-corrected chi connectivity index (χ0v) is 15.7. The molecule has 1 atom stereocenters. The minimum absolute atomic E-state index is 0.148. The van der Waals surface area contributed by atoms with Crippen molar-refractivity contribution in [2.45, 2.75) is 32.6 Å². The maximum Gasteiger partial charge on any atom is 0.276 e. The van der Waals surface area contributed by atoms with E-state index in [9.17, 15) is 9.59 Å². The van der Waals surface area contributed by atoms with E-state index in [1.54, 1.807) is 24.3 Å². The van der Waals surface area contributed by atoms with Crippen molar-refractivity contribution in [3.8, 4) is 5.75 Å². The SMILES string of the molecule is CCC(C)c1ccc(OCC(=O)NNC(=O)Cc2ccc(Cl)cc2)cc1. The van der Waals surface area contributed by atoms with Crippen LogP contribution >= 0.6 is 11.6 Å². The fourth-order valence-corrected chi connectivity index (χ4v) is 2.41. The number of carbonyl (C=O) groups excluding carboxylic acids is 2. The summed E-state index contributed by atoms with van der Waals surface area (Å²) < 4.78 is 5.42. The average molecular weight is 375 g/mol. The molecule has 2 amide bonds. The Balaban J connectivity index is 1.71. The monoisotopic (exact) mass is 374 g/mol. The summed E-state index contributed by atoms with van der Waals surface area (Å²) in [6.45, 7) is 4.13. The fraction of sp³-hybridized carbons (Fsp3) is 0.300. The summed E-state index contributed by atoms with van der Waals surface area (Å²) in [7, 11) is 0. The number of halogens is 1. The molecule has 2 aromatic carbocycles. The topological polar surface area (TPSA) is 67.4 Å². The molecular weight excluding hydrogens is 352 g/mol. The van der Waals surface area contributed by atoms with Crippen LogP contribution in [0.5, 0.6) is 5.75 Å². The second-order valence-electron chi connectivity index (χ2n) is 6.07. The fourth-order valence-electron chi connectivity index (χ4n) is 2.28. The molecule has 0 spiro atoms. The number of benzene rings is 2. The summed E-state index contributed by atoms with van der Waals surface area (Å²) in [6.07, 6.45) is 1.22. The molecule has 2 rings (SSSR count). The molecule has 0 heterocycles. The molecule has 0 saturated heterocycles. The van der Waals surface area contributed by atoms with Gasteiger partial charge in [0.15, 0.2) is 6.61 Å². The van der Waals surface area contributed by atoms with E-state index in [2.05, 4.69) is 24.7 Å². The Morgan fingerprint density at radius 2 is 1.62 bits per heavy atom. The van der Waals surface area contributed by atoms with Gasteiger partial charge in [0.2, 0.25) is 5.91 Å². The van der Waals surface area contributed by atoms with Crippen molar-refractivity contribution in [2.24, 2.45) is 0 Å². The molecular formula is C20H23ClN2O3. The molecule has 2 aromatic rings. The lowest BCUT2D eigenvalue weighted by Crippen LogP contribution is -2.44. The Hall–Kier alpha value is -2.53. The van der Waals surface area contributed by atoms with Crippen molar-refractivity contribution in [3.05, 3.63) is 64.7 Å². The first-order valence-electron chi connectivity index (χ1n) is 8.52. The molecule has 138 valence electrons. The van der Waals surface area contributed by atoms with Gasteiger partial charge in [0.25, 0.3) is 5.91 Å². The maximum absolute atomic E-state index is 11.8. The highest BCUT2D eigenvalue weighted by atomic mass is 35.5. The predicted octanol–water partition coefficient (Wildman–Crippen LogP) is 3.62. The van der Waals surface area contributed by atoms with Crippen molar-refractivity contribution in [1.29, 1.82) is 0 Å². The standard InChI is InChI=1S/C20H23ClN2O3/c1-3-14(2)16-6-10-18(11-7-16)26-13-20(25)23-22-19(24)12-15-4-8-17(21)9-5-15/h4-11,14H,3,12-13H2,1-2H3,(H,22,24)(H,23,25). The Labute approximate surface area is 158 Å². The normalized spacial score (nSPS) is 11.5. The summed E-state index contributed by atoms with van der Waals surface area (Å²) in [4.78, 5) is 23.6. The number of amides is 2. The largest absolute Gasteiger partial charge is 0.484 e. The van der Waals surface area contributed by atoms with E-state index in [4.69, 9.17) is 16.3 Å². The van der Waals surface area contributed by atoms with Crippen molar-refractivity contribution in [3.63, 3.8) is 0 Å². The molecule has 0 aliphatic carbocycles. The molecule has 0 aliphatic heterocycles. The number of carbonyl (C=O) groups is 2. The molecule has 0 saturated carbocycles. The lowest BCUT2D eigenvalue weighted by molar-refractivity contribution is -0.129. The molecule has 0 fully saturated rings. The first kappa shape index (κ1) is 19.8. The van der Waals surface area contributed by atoms with E-state index >= 15 is 0 Å². The van der Waals surface area contributed by atoms with E-state index in [0.717, 1.165) is 12.0 Å². The summed E-state index contributed by atoms with van der Waals surface area (Å²) in [6, 6.07) is 14.6. The van der Waals surface area contributed by atoms with Crippen LogP contribution < -0.4 is 15.6 Å². The van der Waals surface area contributed by atoms with Gasteiger partial charge in [-0.25, -0.2) is 0 Å². The van der Waals surface area contributed by atoms with Gasteiger partial charge in [-0.1, -0.05) is 49.7 Å². The Morgan fingerprint density at radius 3 is 2.23 bits per heavy atom. The second-order valence-corrected chi connectivity index (χ2v) is 6.50. The van der Waals surface area contributed by atoms with Crippen molar-refractivity contribution >= 4 is 23.4 Å². The highest BCUT2D eigenvalue weighted by Crippen LogP contribution is 2.21. The van der Waals surface area contributed by atoms with E-state index in [-0.39, 0.29) is 18.9 Å². The first-order valence-corrected chi connectivity index (χ1v) is 8.90. The lowest BCUT2D eigenvalue weighted by Gasteiger charge is -2.11. The van der Waals surface area contributed by atoms with Crippen LogP contribution in [0.1, 0.15) is 37.3 Å². The molecule has 0 bridgehead atoms. The Kier molecular flexibility index (Phi) is 7.48. The highest BCUT2D eigenvalue weighted by Gasteiger charge is 2.07. The molecule has 0 radical (unpaired) electrons. The summed E-state index contributed by atoms with van der Waals surface area (Å²) >= 11 is 5.80. The van der Waals surface area contributed by atoms with Gasteiger partial charge in [-0.2, -0.15) is 0 Å². The molecule has 2 N–H and O–H groups in total. The molecule has 26 heavy (non-hydrogen) atoms. The van der Waals surface area contributed by atoms with Gasteiger partial charge in [0, 0.05) is 5.02 Å². The van der Waals surface area contributed by atoms with Crippen LogP contribution in [0.2, 0.25) is 5.02 Å². The minimum atomic E-state index is -0.430. The quantitative estimate of drug-likeness (QED) is 0.727. The summed E-state index contributed by atoms with van der Waals surface area (Å²) in [5.74, 6) is 0.349. The van der Waals surface area contributed by atoms with Gasteiger partial charge in [0.05, 0.1) is 6.42 Å². The van der Waals surface area contributed by atoms with Crippen LogP contribution in [0.3, 0.4) is 0 Å². The van der Waals surface area contributed by atoms with Crippen LogP contribution in [-0.2, 0) is 16.0 Å². The number of ether oxygens (including phenoxy) is 1. The molecule has 0 aliphatic rings. The molecule has 6 heteroatoms. The number of hydrogen-bond donors (Lipinski definition) is 2. The third-order valence-corrected chi connectivity index (χ3v) is 4.30. The van der Waals surface area contributed by atoms with Gasteiger partial charge in [-0.15, -0.1) is 0 Å². The van der Waals surface area contributed by atoms with Gasteiger partial charge in [0.1, 0.15) is 5.75 Å². The number of nitrogens with one attached hydrogen (secondary N) is 2. The van der Waals surface area contributed by atoms with Gasteiger partial charge in [-0.3, -0.25) is 20.4 Å². The molecule has 1 unspecified atom stereocenters. The summed E-state index contributed by atoms with van der Waals surface area (Å²) in [5, 5.41) is 0.608. The average Bonchev–Trinajstić information content (AvgIpc) is 2.66. The molecule has 0 aromatic heterocycles. The van der Waals surface area contributed by atoms with Crippen LogP contribution in [0.25, 0.3) is 0 Å².